The Hall–Kier alpha value is -1.75. The summed E-state index contributed by atoms with van der Waals surface area (Å²) in [6.45, 7) is 2.80. The number of hydrogen-bond donors (Lipinski definition) is 2. The summed E-state index contributed by atoms with van der Waals surface area (Å²) < 4.78 is 10.6. The number of halogens is 1. The monoisotopic (exact) mass is 336 g/mol. The number of aliphatic hydroxyl groups is 1. The zero-order valence-electron chi connectivity index (χ0n) is 13.4. The summed E-state index contributed by atoms with van der Waals surface area (Å²) in [4.78, 5) is 0. The van der Waals surface area contributed by atoms with Gasteiger partial charge in [0.25, 0.3) is 0 Å². The van der Waals surface area contributed by atoms with Gasteiger partial charge in [0.1, 0.15) is 24.2 Å². The summed E-state index contributed by atoms with van der Waals surface area (Å²) in [7, 11) is 1.62. The number of rotatable bonds is 8. The molecule has 0 radical (unpaired) electrons. The predicted octanol–water partition coefficient (Wildman–Crippen LogP) is -0.210. The summed E-state index contributed by atoms with van der Waals surface area (Å²) in [5.41, 5.74) is 1.20. The van der Waals surface area contributed by atoms with Crippen LogP contribution in [0.2, 0.25) is 0 Å². The van der Waals surface area contributed by atoms with Crippen molar-refractivity contribution in [1.82, 2.24) is 5.32 Å². The minimum absolute atomic E-state index is 0. The Morgan fingerprint density at radius 3 is 2.22 bits per heavy atom. The van der Waals surface area contributed by atoms with E-state index in [1.54, 1.807) is 7.11 Å². The number of aliphatic hydroxyl groups excluding tert-OH is 1. The molecule has 0 heterocycles. The summed E-state index contributed by atoms with van der Waals surface area (Å²) in [5, 5.41) is 13.3. The lowest BCUT2D eigenvalue weighted by Gasteiger charge is -2.18. The molecular weight excluding hydrogens is 314 g/mol. The van der Waals surface area contributed by atoms with Crippen LogP contribution >= 0.6 is 0 Å². The van der Waals surface area contributed by atoms with Crippen molar-refractivity contribution in [3.8, 4) is 11.5 Å². The molecule has 0 saturated heterocycles. The first-order chi connectivity index (χ1) is 10.7. The standard InChI is InChI=1S/C18H23NO3.ClH/c1-14(15-6-4-3-5-7-15)19-12-16(20)13-22-18-10-8-17(21-2)9-11-18;/h3-11,14,16,19-20H,12-13H2,1-2H3;1H/p-1. The average molecular weight is 337 g/mol. The molecule has 2 aromatic carbocycles. The molecule has 2 atom stereocenters. The highest BCUT2D eigenvalue weighted by Crippen LogP contribution is 2.17. The van der Waals surface area contributed by atoms with Gasteiger partial charge < -0.3 is 32.3 Å². The topological polar surface area (TPSA) is 50.7 Å². The van der Waals surface area contributed by atoms with Crippen LogP contribution in [0.3, 0.4) is 0 Å². The lowest BCUT2D eigenvalue weighted by molar-refractivity contribution is -0.00000665. The van der Waals surface area contributed by atoms with E-state index >= 15 is 0 Å². The van der Waals surface area contributed by atoms with E-state index < -0.39 is 6.10 Å². The number of benzene rings is 2. The molecule has 0 spiro atoms. The highest BCUT2D eigenvalue weighted by molar-refractivity contribution is 5.31. The van der Waals surface area contributed by atoms with Gasteiger partial charge in [-0.1, -0.05) is 30.3 Å². The van der Waals surface area contributed by atoms with Gasteiger partial charge in [-0.2, -0.15) is 0 Å². The summed E-state index contributed by atoms with van der Waals surface area (Å²) in [6, 6.07) is 17.7. The van der Waals surface area contributed by atoms with Crippen molar-refractivity contribution in [3.05, 3.63) is 60.2 Å². The first-order valence-corrected chi connectivity index (χ1v) is 7.42. The quantitative estimate of drug-likeness (QED) is 0.700. The van der Waals surface area contributed by atoms with Crippen molar-refractivity contribution < 1.29 is 27.0 Å². The second kappa shape index (κ2) is 10.1. The largest absolute Gasteiger partial charge is 1.00 e. The molecule has 5 heteroatoms. The van der Waals surface area contributed by atoms with Crippen molar-refractivity contribution in [2.75, 3.05) is 20.3 Å². The maximum Gasteiger partial charge on any atom is 0.119 e. The van der Waals surface area contributed by atoms with E-state index in [2.05, 4.69) is 24.4 Å². The summed E-state index contributed by atoms with van der Waals surface area (Å²) >= 11 is 0. The van der Waals surface area contributed by atoms with E-state index in [4.69, 9.17) is 9.47 Å². The van der Waals surface area contributed by atoms with Crippen molar-refractivity contribution >= 4 is 0 Å². The van der Waals surface area contributed by atoms with Crippen LogP contribution in [-0.4, -0.2) is 31.5 Å². The Bertz CT molecular complexity index is 548. The van der Waals surface area contributed by atoms with Crippen molar-refractivity contribution in [2.24, 2.45) is 0 Å². The Kier molecular flexibility index (Phi) is 8.48. The minimum atomic E-state index is -0.562. The number of ether oxygens (including phenoxy) is 2. The number of methoxy groups -OCH3 is 1. The Labute approximate surface area is 143 Å². The SMILES string of the molecule is COc1ccc(OCC(O)CNC(C)c2ccccc2)cc1.[Cl-]. The van der Waals surface area contributed by atoms with Crippen molar-refractivity contribution in [3.63, 3.8) is 0 Å². The van der Waals surface area contributed by atoms with Crippen LogP contribution in [0.4, 0.5) is 0 Å². The Morgan fingerprint density at radius 2 is 1.61 bits per heavy atom. The normalized spacial score (nSPS) is 12.8. The first kappa shape index (κ1) is 19.3. The molecule has 0 aliphatic carbocycles. The van der Waals surface area contributed by atoms with Crippen LogP contribution in [-0.2, 0) is 0 Å². The molecule has 4 nitrogen and oxygen atoms in total. The van der Waals surface area contributed by atoms with E-state index in [0.717, 1.165) is 11.5 Å². The van der Waals surface area contributed by atoms with Gasteiger partial charge >= 0.3 is 0 Å². The highest BCUT2D eigenvalue weighted by atomic mass is 35.5. The third-order valence-electron chi connectivity index (χ3n) is 3.46. The molecule has 2 unspecified atom stereocenters. The van der Waals surface area contributed by atoms with Gasteiger partial charge in [-0.3, -0.25) is 0 Å². The molecule has 0 amide bonds. The summed E-state index contributed by atoms with van der Waals surface area (Å²) in [5.74, 6) is 1.50. The Balaban J connectivity index is 0.00000264. The van der Waals surface area contributed by atoms with E-state index in [9.17, 15) is 5.11 Å². The van der Waals surface area contributed by atoms with Crippen LogP contribution in [0.15, 0.2) is 54.6 Å². The molecule has 0 aromatic heterocycles. The van der Waals surface area contributed by atoms with Crippen LogP contribution in [0, 0.1) is 0 Å². The number of nitrogens with one attached hydrogen (secondary N) is 1. The van der Waals surface area contributed by atoms with Gasteiger partial charge in [-0.15, -0.1) is 0 Å². The van der Waals surface area contributed by atoms with Crippen molar-refractivity contribution in [2.45, 2.75) is 19.1 Å². The van der Waals surface area contributed by atoms with E-state index in [1.165, 1.54) is 5.56 Å². The van der Waals surface area contributed by atoms with Crippen molar-refractivity contribution in [1.29, 1.82) is 0 Å². The second-order valence-electron chi connectivity index (χ2n) is 5.18. The average Bonchev–Trinajstić information content (AvgIpc) is 2.59. The maximum atomic E-state index is 9.99. The third-order valence-corrected chi connectivity index (χ3v) is 3.46. The molecule has 2 rings (SSSR count). The molecule has 126 valence electrons. The van der Waals surface area contributed by atoms with Gasteiger partial charge in [-0.25, -0.2) is 0 Å². The fraction of sp³-hybridized carbons (Fsp3) is 0.333. The van der Waals surface area contributed by atoms with Crippen LogP contribution in [0.5, 0.6) is 11.5 Å². The molecule has 0 aliphatic rings. The predicted molar refractivity (Wildman–Crippen MR) is 87.4 cm³/mol. The number of hydrogen-bond acceptors (Lipinski definition) is 4. The first-order valence-electron chi connectivity index (χ1n) is 7.42. The van der Waals surface area contributed by atoms with Gasteiger partial charge in [0.2, 0.25) is 0 Å². The lowest BCUT2D eigenvalue weighted by Crippen LogP contribution is -3.00. The smallest absolute Gasteiger partial charge is 0.119 e. The highest BCUT2D eigenvalue weighted by Gasteiger charge is 2.09. The molecule has 0 aliphatic heterocycles. The van der Waals surface area contributed by atoms with Crippen LogP contribution in [0.25, 0.3) is 0 Å². The molecule has 0 fully saturated rings. The van der Waals surface area contributed by atoms with E-state index in [0.29, 0.717) is 6.54 Å². The van der Waals surface area contributed by atoms with Gasteiger partial charge in [-0.05, 0) is 36.8 Å². The molecule has 0 saturated carbocycles. The maximum absolute atomic E-state index is 9.99. The van der Waals surface area contributed by atoms with Crippen LogP contribution < -0.4 is 27.2 Å². The van der Waals surface area contributed by atoms with Crippen LogP contribution in [0.1, 0.15) is 18.5 Å². The molecule has 2 aromatic rings. The third kappa shape index (κ3) is 6.48. The van der Waals surface area contributed by atoms with Gasteiger partial charge in [0.15, 0.2) is 0 Å². The zero-order valence-corrected chi connectivity index (χ0v) is 14.2. The van der Waals surface area contributed by atoms with E-state index in [1.807, 2.05) is 42.5 Å². The minimum Gasteiger partial charge on any atom is -1.00 e. The zero-order chi connectivity index (χ0) is 15.8. The molecule has 2 N–H and O–H groups in total. The lowest BCUT2D eigenvalue weighted by atomic mass is 10.1. The fourth-order valence-corrected chi connectivity index (χ4v) is 2.10. The van der Waals surface area contributed by atoms with E-state index in [-0.39, 0.29) is 25.1 Å². The van der Waals surface area contributed by atoms with Gasteiger partial charge in [0.05, 0.1) is 7.11 Å². The molecule has 0 bridgehead atoms. The summed E-state index contributed by atoms with van der Waals surface area (Å²) in [6.07, 6.45) is -0.562. The Morgan fingerprint density at radius 1 is 1.00 bits per heavy atom. The molecule has 23 heavy (non-hydrogen) atoms. The van der Waals surface area contributed by atoms with Gasteiger partial charge in [0, 0.05) is 12.6 Å². The second-order valence-corrected chi connectivity index (χ2v) is 5.18. The fourth-order valence-electron chi connectivity index (χ4n) is 2.10. The molecular formula is C18H23ClNO3-.